The first-order valence-electron chi connectivity index (χ1n) is 9.32. The van der Waals surface area contributed by atoms with Gasteiger partial charge in [-0.05, 0) is 56.7 Å². The minimum atomic E-state index is -0.181. The molecule has 0 radical (unpaired) electrons. The first-order chi connectivity index (χ1) is 13.2. The van der Waals surface area contributed by atoms with Gasteiger partial charge in [0, 0.05) is 36.6 Å². The number of aromatic nitrogens is 3. The maximum atomic E-state index is 13.8. The van der Waals surface area contributed by atoms with E-state index in [9.17, 15) is 4.39 Å². The van der Waals surface area contributed by atoms with Gasteiger partial charge in [-0.3, -0.25) is 0 Å². The summed E-state index contributed by atoms with van der Waals surface area (Å²) in [6.07, 6.45) is 0. The Bertz CT molecular complexity index is 872. The molecule has 0 unspecified atom stereocenters. The second-order valence-corrected chi connectivity index (χ2v) is 7.09. The lowest BCUT2D eigenvalue weighted by atomic mass is 10.2. The van der Waals surface area contributed by atoms with Crippen molar-refractivity contribution in [3.63, 3.8) is 0 Å². The molecule has 0 bridgehead atoms. The molecule has 3 rings (SSSR count). The fraction of sp³-hybridized carbons (Fsp3) is 0.333. The molecule has 0 N–H and O–H groups in total. The Labute approximate surface area is 164 Å². The zero-order chi connectivity index (χ0) is 19.2. The fourth-order valence-corrected chi connectivity index (χ4v) is 4.05. The molecular formula is C21H25FN4S. The van der Waals surface area contributed by atoms with E-state index in [2.05, 4.69) is 64.7 Å². The molecule has 4 nitrogen and oxygen atoms in total. The summed E-state index contributed by atoms with van der Waals surface area (Å²) in [7, 11) is 0. The van der Waals surface area contributed by atoms with Crippen LogP contribution in [0.4, 0.5) is 10.1 Å². The van der Waals surface area contributed by atoms with E-state index in [1.165, 1.54) is 23.5 Å². The highest BCUT2D eigenvalue weighted by Crippen LogP contribution is 2.28. The van der Waals surface area contributed by atoms with Gasteiger partial charge >= 0.3 is 0 Å². The van der Waals surface area contributed by atoms with Gasteiger partial charge in [-0.25, -0.2) is 4.39 Å². The maximum absolute atomic E-state index is 13.8. The fourth-order valence-electron chi connectivity index (χ4n) is 3.06. The average molecular weight is 385 g/mol. The Kier molecular flexibility index (Phi) is 6.50. The van der Waals surface area contributed by atoms with E-state index in [1.807, 2.05) is 12.1 Å². The van der Waals surface area contributed by atoms with Crippen molar-refractivity contribution >= 4 is 17.4 Å². The van der Waals surface area contributed by atoms with Crippen LogP contribution in [0.25, 0.3) is 11.4 Å². The maximum Gasteiger partial charge on any atom is 0.191 e. The van der Waals surface area contributed by atoms with E-state index in [-0.39, 0.29) is 5.82 Å². The van der Waals surface area contributed by atoms with Crippen LogP contribution in [0.15, 0.2) is 53.7 Å². The van der Waals surface area contributed by atoms with Crippen molar-refractivity contribution in [2.45, 2.75) is 38.2 Å². The van der Waals surface area contributed by atoms with Crippen LogP contribution in [0.3, 0.4) is 0 Å². The molecule has 0 spiro atoms. The van der Waals surface area contributed by atoms with Gasteiger partial charge in [0.15, 0.2) is 11.0 Å². The SMILES string of the molecule is CCN(CC)c1ccc(-c2nnc(SCc3ccccc3F)n2CC)cc1. The highest BCUT2D eigenvalue weighted by molar-refractivity contribution is 7.98. The molecule has 0 atom stereocenters. The number of benzene rings is 2. The van der Waals surface area contributed by atoms with E-state index in [1.54, 1.807) is 6.07 Å². The lowest BCUT2D eigenvalue weighted by Gasteiger charge is -2.21. The number of hydrogen-bond donors (Lipinski definition) is 0. The Morgan fingerprint density at radius 3 is 2.30 bits per heavy atom. The highest BCUT2D eigenvalue weighted by Gasteiger charge is 2.14. The van der Waals surface area contributed by atoms with E-state index in [0.29, 0.717) is 11.3 Å². The Hall–Kier alpha value is -2.34. The van der Waals surface area contributed by atoms with Crippen LogP contribution in [0, 0.1) is 5.82 Å². The number of halogens is 1. The van der Waals surface area contributed by atoms with Gasteiger partial charge in [-0.2, -0.15) is 0 Å². The van der Waals surface area contributed by atoms with Gasteiger partial charge in [0.25, 0.3) is 0 Å². The monoisotopic (exact) mass is 384 g/mol. The predicted octanol–water partition coefficient (Wildman–Crippen LogP) is 5.24. The van der Waals surface area contributed by atoms with Crippen molar-refractivity contribution in [1.82, 2.24) is 14.8 Å². The van der Waals surface area contributed by atoms with Crippen LogP contribution in [-0.4, -0.2) is 27.9 Å². The third kappa shape index (κ3) is 4.33. The molecule has 1 aromatic heterocycles. The van der Waals surface area contributed by atoms with Crippen molar-refractivity contribution < 1.29 is 4.39 Å². The zero-order valence-electron chi connectivity index (χ0n) is 16.0. The van der Waals surface area contributed by atoms with Gasteiger partial charge in [-0.1, -0.05) is 30.0 Å². The number of rotatable bonds is 8. The second kappa shape index (κ2) is 9.04. The van der Waals surface area contributed by atoms with Crippen molar-refractivity contribution in [2.75, 3.05) is 18.0 Å². The molecule has 0 amide bonds. The van der Waals surface area contributed by atoms with Gasteiger partial charge in [0.05, 0.1) is 0 Å². The molecule has 27 heavy (non-hydrogen) atoms. The van der Waals surface area contributed by atoms with E-state index in [4.69, 9.17) is 0 Å². The van der Waals surface area contributed by atoms with Crippen molar-refractivity contribution in [2.24, 2.45) is 0 Å². The minimum Gasteiger partial charge on any atom is -0.372 e. The standard InChI is InChI=1S/C21H25FN4S/c1-4-25(5-2)18-13-11-16(12-14-18)20-23-24-21(26(20)6-3)27-15-17-9-7-8-10-19(17)22/h7-14H,4-6,15H2,1-3H3. The Balaban J connectivity index is 1.80. The summed E-state index contributed by atoms with van der Waals surface area (Å²) in [5.41, 5.74) is 2.93. The van der Waals surface area contributed by atoms with Gasteiger partial charge in [0.2, 0.25) is 0 Å². The number of hydrogen-bond acceptors (Lipinski definition) is 4. The van der Waals surface area contributed by atoms with E-state index in [0.717, 1.165) is 36.2 Å². The van der Waals surface area contributed by atoms with Gasteiger partial charge in [0.1, 0.15) is 5.82 Å². The number of anilines is 1. The summed E-state index contributed by atoms with van der Waals surface area (Å²) in [6, 6.07) is 15.3. The molecule has 0 aliphatic carbocycles. The molecule has 0 aliphatic rings. The summed E-state index contributed by atoms with van der Waals surface area (Å²) in [5, 5.41) is 9.54. The number of nitrogens with zero attached hydrogens (tertiary/aromatic N) is 4. The van der Waals surface area contributed by atoms with Crippen molar-refractivity contribution in [3.05, 3.63) is 59.9 Å². The lowest BCUT2D eigenvalue weighted by Crippen LogP contribution is -2.21. The van der Waals surface area contributed by atoms with Crippen LogP contribution in [0.5, 0.6) is 0 Å². The van der Waals surface area contributed by atoms with Crippen LogP contribution in [0.1, 0.15) is 26.3 Å². The summed E-state index contributed by atoms with van der Waals surface area (Å²) >= 11 is 1.51. The van der Waals surface area contributed by atoms with Crippen LogP contribution in [0.2, 0.25) is 0 Å². The van der Waals surface area contributed by atoms with Crippen LogP contribution in [-0.2, 0) is 12.3 Å². The minimum absolute atomic E-state index is 0.181. The van der Waals surface area contributed by atoms with Crippen LogP contribution < -0.4 is 4.90 Å². The van der Waals surface area contributed by atoms with Crippen LogP contribution >= 0.6 is 11.8 Å². The molecule has 0 saturated carbocycles. The third-order valence-electron chi connectivity index (χ3n) is 4.60. The first kappa shape index (κ1) is 19.4. The Morgan fingerprint density at radius 1 is 0.963 bits per heavy atom. The zero-order valence-corrected chi connectivity index (χ0v) is 16.8. The molecule has 0 fully saturated rings. The summed E-state index contributed by atoms with van der Waals surface area (Å²) in [6.45, 7) is 9.12. The molecular weight excluding hydrogens is 359 g/mol. The van der Waals surface area contributed by atoms with Gasteiger partial charge < -0.3 is 9.47 Å². The third-order valence-corrected chi connectivity index (χ3v) is 5.62. The Morgan fingerprint density at radius 2 is 1.67 bits per heavy atom. The summed E-state index contributed by atoms with van der Waals surface area (Å²) in [5.74, 6) is 1.20. The topological polar surface area (TPSA) is 34.0 Å². The molecule has 2 aromatic carbocycles. The molecule has 6 heteroatoms. The van der Waals surface area contributed by atoms with Crippen molar-refractivity contribution in [3.8, 4) is 11.4 Å². The van der Waals surface area contributed by atoms with E-state index >= 15 is 0 Å². The summed E-state index contributed by atoms with van der Waals surface area (Å²) in [4.78, 5) is 2.31. The highest BCUT2D eigenvalue weighted by atomic mass is 32.2. The largest absolute Gasteiger partial charge is 0.372 e. The van der Waals surface area contributed by atoms with E-state index < -0.39 is 0 Å². The van der Waals surface area contributed by atoms with Gasteiger partial charge in [-0.15, -0.1) is 10.2 Å². The van der Waals surface area contributed by atoms with Crippen molar-refractivity contribution in [1.29, 1.82) is 0 Å². The lowest BCUT2D eigenvalue weighted by molar-refractivity contribution is 0.617. The average Bonchev–Trinajstić information content (AvgIpc) is 3.12. The number of thioether (sulfide) groups is 1. The second-order valence-electron chi connectivity index (χ2n) is 6.15. The molecule has 0 saturated heterocycles. The first-order valence-corrected chi connectivity index (χ1v) is 10.3. The molecule has 0 aliphatic heterocycles. The smallest absolute Gasteiger partial charge is 0.191 e. The normalized spacial score (nSPS) is 11.0. The summed E-state index contributed by atoms with van der Waals surface area (Å²) < 4.78 is 15.9. The predicted molar refractivity (Wildman–Crippen MR) is 111 cm³/mol. The quantitative estimate of drug-likeness (QED) is 0.497. The molecule has 142 valence electrons. The molecule has 1 heterocycles. The molecule has 3 aromatic rings.